The van der Waals surface area contributed by atoms with Crippen molar-refractivity contribution in [2.75, 3.05) is 7.05 Å². The number of aliphatic imine (C=N–C) groups is 1. The summed E-state index contributed by atoms with van der Waals surface area (Å²) in [6.07, 6.45) is 1.64. The number of carbonyl (C=O) groups excluding carboxylic acids is 2. The van der Waals surface area contributed by atoms with Gasteiger partial charge in [0.05, 0.1) is 12.0 Å². The maximum atomic E-state index is 11.8. The van der Waals surface area contributed by atoms with E-state index in [1.807, 2.05) is 0 Å². The van der Waals surface area contributed by atoms with Gasteiger partial charge >= 0.3 is 0 Å². The van der Waals surface area contributed by atoms with Crippen molar-refractivity contribution in [3.63, 3.8) is 0 Å². The minimum absolute atomic E-state index is 0.0450. The molecule has 7 heteroatoms. The second-order valence-electron chi connectivity index (χ2n) is 4.59. The summed E-state index contributed by atoms with van der Waals surface area (Å²) in [5.41, 5.74) is 10.7. The van der Waals surface area contributed by atoms with Crippen LogP contribution >= 0.6 is 0 Å². The van der Waals surface area contributed by atoms with Crippen LogP contribution in [0.15, 0.2) is 17.3 Å². The molecule has 7 nitrogen and oxygen atoms in total. The highest BCUT2D eigenvalue weighted by atomic mass is 16.2. The summed E-state index contributed by atoms with van der Waals surface area (Å²) in [5, 5.41) is 0. The third kappa shape index (κ3) is 2.26. The smallest absolute Gasteiger partial charge is 0.267 e. The SMILES string of the molecule is CN1C(=O)C[C@@](C)(c2c[c]c(C(N)=O)nc2)N=C1N. The highest BCUT2D eigenvalue weighted by Crippen LogP contribution is 2.32. The number of carbonyl (C=O) groups is 2. The Morgan fingerprint density at radius 3 is 2.74 bits per heavy atom. The number of hydrogen-bond acceptors (Lipinski definition) is 5. The number of aromatic nitrogens is 1. The van der Waals surface area contributed by atoms with Crippen molar-refractivity contribution in [3.8, 4) is 0 Å². The van der Waals surface area contributed by atoms with Crippen LogP contribution in [-0.2, 0) is 10.3 Å². The first-order valence-electron chi connectivity index (χ1n) is 5.63. The zero-order valence-electron chi connectivity index (χ0n) is 10.7. The molecular formula is C12H14N5O2. The second kappa shape index (κ2) is 4.34. The molecular weight excluding hydrogens is 246 g/mol. The van der Waals surface area contributed by atoms with Gasteiger partial charge in [-0.25, -0.2) is 4.99 Å². The number of hydrogen-bond donors (Lipinski definition) is 2. The molecule has 1 aliphatic heterocycles. The van der Waals surface area contributed by atoms with Crippen molar-refractivity contribution < 1.29 is 9.59 Å². The number of amides is 2. The molecule has 1 aromatic heterocycles. The minimum Gasteiger partial charge on any atom is -0.369 e. The summed E-state index contributed by atoms with van der Waals surface area (Å²) in [6, 6.07) is 4.24. The Kier molecular flexibility index (Phi) is 2.97. The molecule has 19 heavy (non-hydrogen) atoms. The molecule has 0 aliphatic carbocycles. The van der Waals surface area contributed by atoms with Crippen LogP contribution in [0, 0.1) is 6.07 Å². The van der Waals surface area contributed by atoms with E-state index in [0.29, 0.717) is 5.56 Å². The topological polar surface area (TPSA) is 115 Å². The van der Waals surface area contributed by atoms with E-state index in [2.05, 4.69) is 16.0 Å². The van der Waals surface area contributed by atoms with Crippen LogP contribution in [0.1, 0.15) is 29.4 Å². The lowest BCUT2D eigenvalue weighted by molar-refractivity contribution is -0.128. The molecule has 2 heterocycles. The van der Waals surface area contributed by atoms with Crippen molar-refractivity contribution in [1.82, 2.24) is 9.88 Å². The molecule has 0 saturated carbocycles. The van der Waals surface area contributed by atoms with Gasteiger partial charge in [-0.3, -0.25) is 19.5 Å². The van der Waals surface area contributed by atoms with E-state index in [4.69, 9.17) is 11.5 Å². The van der Waals surface area contributed by atoms with Crippen molar-refractivity contribution >= 4 is 17.8 Å². The van der Waals surface area contributed by atoms with Gasteiger partial charge in [-0.2, -0.15) is 0 Å². The Labute approximate surface area is 110 Å². The van der Waals surface area contributed by atoms with Gasteiger partial charge < -0.3 is 11.5 Å². The Bertz CT molecular complexity index is 566. The summed E-state index contributed by atoms with van der Waals surface area (Å²) in [6.45, 7) is 1.78. The van der Waals surface area contributed by atoms with Gasteiger partial charge in [0.15, 0.2) is 5.96 Å². The first-order valence-corrected chi connectivity index (χ1v) is 5.63. The molecule has 1 atom stereocenters. The Hall–Kier alpha value is -2.44. The summed E-state index contributed by atoms with van der Waals surface area (Å²) < 4.78 is 0. The molecule has 0 saturated heterocycles. The second-order valence-corrected chi connectivity index (χ2v) is 4.59. The van der Waals surface area contributed by atoms with Crippen molar-refractivity contribution in [2.24, 2.45) is 16.5 Å². The normalized spacial score (nSPS) is 23.2. The lowest BCUT2D eigenvalue weighted by atomic mass is 9.88. The lowest BCUT2D eigenvalue weighted by Gasteiger charge is -2.33. The van der Waals surface area contributed by atoms with E-state index in [1.54, 1.807) is 20.0 Å². The van der Waals surface area contributed by atoms with Gasteiger partial charge in [0.2, 0.25) is 5.91 Å². The van der Waals surface area contributed by atoms with E-state index in [0.717, 1.165) is 0 Å². The van der Waals surface area contributed by atoms with Crippen LogP contribution in [0.2, 0.25) is 0 Å². The summed E-state index contributed by atoms with van der Waals surface area (Å²) in [5.74, 6) is -0.633. The van der Waals surface area contributed by atoms with Gasteiger partial charge in [-0.05, 0) is 18.6 Å². The molecule has 1 aliphatic rings. The number of nitrogens with zero attached hydrogens (tertiary/aromatic N) is 3. The first kappa shape index (κ1) is 13.0. The van der Waals surface area contributed by atoms with Crippen LogP contribution < -0.4 is 11.5 Å². The largest absolute Gasteiger partial charge is 0.369 e. The average Bonchev–Trinajstić information content (AvgIpc) is 2.36. The third-order valence-corrected chi connectivity index (χ3v) is 3.13. The Morgan fingerprint density at radius 1 is 1.58 bits per heavy atom. The van der Waals surface area contributed by atoms with Crippen molar-refractivity contribution in [2.45, 2.75) is 18.9 Å². The van der Waals surface area contributed by atoms with Crippen molar-refractivity contribution in [3.05, 3.63) is 29.6 Å². The van der Waals surface area contributed by atoms with E-state index in [-0.39, 0.29) is 24.0 Å². The molecule has 0 fully saturated rings. The monoisotopic (exact) mass is 260 g/mol. The van der Waals surface area contributed by atoms with Gasteiger partial charge in [0.25, 0.3) is 5.91 Å². The summed E-state index contributed by atoms with van der Waals surface area (Å²) in [4.78, 5) is 32.3. The molecule has 2 amide bonds. The fourth-order valence-electron chi connectivity index (χ4n) is 1.86. The maximum Gasteiger partial charge on any atom is 0.267 e. The van der Waals surface area contributed by atoms with Crippen LogP contribution in [-0.4, -0.2) is 34.7 Å². The van der Waals surface area contributed by atoms with Gasteiger partial charge in [0, 0.05) is 19.3 Å². The molecule has 2 rings (SSSR count). The number of guanidine groups is 1. The summed E-state index contributed by atoms with van der Waals surface area (Å²) >= 11 is 0. The zero-order valence-corrected chi connectivity index (χ0v) is 10.7. The van der Waals surface area contributed by atoms with E-state index >= 15 is 0 Å². The van der Waals surface area contributed by atoms with Gasteiger partial charge in [-0.15, -0.1) is 0 Å². The molecule has 0 unspecified atom stereocenters. The van der Waals surface area contributed by atoms with E-state index in [1.165, 1.54) is 11.1 Å². The molecule has 99 valence electrons. The minimum atomic E-state index is -0.798. The highest BCUT2D eigenvalue weighted by molar-refractivity contribution is 5.98. The number of rotatable bonds is 2. The van der Waals surface area contributed by atoms with Gasteiger partial charge in [0.1, 0.15) is 5.69 Å². The molecule has 1 aromatic rings. The quantitative estimate of drug-likeness (QED) is 0.736. The molecule has 1 radical (unpaired) electrons. The third-order valence-electron chi connectivity index (χ3n) is 3.13. The zero-order chi connectivity index (χ0) is 14.2. The highest BCUT2D eigenvalue weighted by Gasteiger charge is 2.36. The average molecular weight is 260 g/mol. The van der Waals surface area contributed by atoms with Crippen LogP contribution in [0.5, 0.6) is 0 Å². The maximum absolute atomic E-state index is 11.8. The Morgan fingerprint density at radius 2 is 2.26 bits per heavy atom. The molecule has 0 aromatic carbocycles. The molecule has 0 bridgehead atoms. The summed E-state index contributed by atoms with van der Waals surface area (Å²) in [7, 11) is 1.57. The number of pyridine rings is 1. The molecule has 0 spiro atoms. The van der Waals surface area contributed by atoms with Gasteiger partial charge in [-0.1, -0.05) is 0 Å². The number of nitrogens with two attached hydrogens (primary N) is 2. The molecule has 4 N–H and O–H groups in total. The standard InChI is InChI=1S/C12H14N5O2/c1-12(5-9(18)17(2)11(14)16-12)7-3-4-8(10(13)19)15-6-7/h3,6H,5H2,1-2H3,(H2,13,19)(H2,14,16)/t12-/m0/s1. The van der Waals surface area contributed by atoms with Crippen LogP contribution in [0.4, 0.5) is 0 Å². The van der Waals surface area contributed by atoms with E-state index in [9.17, 15) is 9.59 Å². The first-order chi connectivity index (χ1) is 8.83. The van der Waals surface area contributed by atoms with Crippen LogP contribution in [0.25, 0.3) is 0 Å². The van der Waals surface area contributed by atoms with Crippen LogP contribution in [0.3, 0.4) is 0 Å². The van der Waals surface area contributed by atoms with Crippen molar-refractivity contribution in [1.29, 1.82) is 0 Å². The number of primary amides is 1. The Balaban J connectivity index is 2.40. The fourth-order valence-corrected chi connectivity index (χ4v) is 1.86. The lowest BCUT2D eigenvalue weighted by Crippen LogP contribution is -2.47. The predicted molar refractivity (Wildman–Crippen MR) is 68.0 cm³/mol. The predicted octanol–water partition coefficient (Wildman–Crippen LogP) is -0.627. The van der Waals surface area contributed by atoms with E-state index < -0.39 is 11.4 Å². The fraction of sp³-hybridized carbons (Fsp3) is 0.333.